The summed E-state index contributed by atoms with van der Waals surface area (Å²) in [7, 11) is 0. The van der Waals surface area contributed by atoms with Gasteiger partial charge in [-0.3, -0.25) is 4.99 Å². The Balaban J connectivity index is 0.00000392. The molecule has 0 aromatic heterocycles. The van der Waals surface area contributed by atoms with Gasteiger partial charge in [0.15, 0.2) is 5.96 Å². The van der Waals surface area contributed by atoms with Crippen molar-refractivity contribution in [1.29, 1.82) is 0 Å². The second kappa shape index (κ2) is 14.8. The molecule has 0 aromatic rings. The lowest BCUT2D eigenvalue weighted by Crippen LogP contribution is -2.49. The summed E-state index contributed by atoms with van der Waals surface area (Å²) in [6.07, 6.45) is 7.75. The van der Waals surface area contributed by atoms with Crippen molar-refractivity contribution in [2.24, 2.45) is 16.8 Å². The summed E-state index contributed by atoms with van der Waals surface area (Å²) >= 11 is 0. The number of unbranched alkanes of at least 4 members (excludes halogenated alkanes) is 1. The van der Waals surface area contributed by atoms with E-state index < -0.39 is 0 Å². The van der Waals surface area contributed by atoms with Crippen molar-refractivity contribution >= 4 is 29.9 Å². The molecule has 1 unspecified atom stereocenters. The van der Waals surface area contributed by atoms with Crippen LogP contribution in [0.3, 0.4) is 0 Å². The van der Waals surface area contributed by atoms with E-state index in [-0.39, 0.29) is 24.0 Å². The van der Waals surface area contributed by atoms with Crippen LogP contribution in [0.5, 0.6) is 0 Å². The Hall–Kier alpha value is -0.0800. The maximum atomic E-state index is 4.97. The Morgan fingerprint density at radius 3 is 2.46 bits per heavy atom. The molecule has 2 aliphatic heterocycles. The summed E-state index contributed by atoms with van der Waals surface area (Å²) in [4.78, 5) is 10.2. The molecule has 2 N–H and O–H groups in total. The van der Waals surface area contributed by atoms with Gasteiger partial charge in [-0.25, -0.2) is 0 Å². The molecule has 1 atom stereocenters. The van der Waals surface area contributed by atoms with Gasteiger partial charge in [-0.2, -0.15) is 0 Å². The van der Waals surface area contributed by atoms with Gasteiger partial charge < -0.3 is 20.4 Å². The van der Waals surface area contributed by atoms with E-state index in [1.54, 1.807) is 0 Å². The Morgan fingerprint density at radius 2 is 1.82 bits per heavy atom. The predicted molar refractivity (Wildman–Crippen MR) is 133 cm³/mol. The molecule has 0 aliphatic carbocycles. The average Bonchev–Trinajstić information content (AvgIpc) is 2.65. The number of halogens is 1. The van der Waals surface area contributed by atoms with Crippen LogP contribution in [-0.4, -0.2) is 74.2 Å². The molecule has 0 saturated carbocycles. The number of piperidine rings is 2. The fourth-order valence-electron chi connectivity index (χ4n) is 4.40. The van der Waals surface area contributed by atoms with Gasteiger partial charge in [0.1, 0.15) is 0 Å². The molecule has 0 spiro atoms. The molecule has 2 fully saturated rings. The molecule has 0 amide bonds. The van der Waals surface area contributed by atoms with Gasteiger partial charge in [-0.15, -0.1) is 24.0 Å². The Morgan fingerprint density at radius 1 is 1.07 bits per heavy atom. The van der Waals surface area contributed by atoms with Crippen LogP contribution >= 0.6 is 24.0 Å². The topological polar surface area (TPSA) is 42.9 Å². The molecule has 28 heavy (non-hydrogen) atoms. The third-order valence-corrected chi connectivity index (χ3v) is 5.83. The summed E-state index contributed by atoms with van der Waals surface area (Å²) in [5, 5.41) is 7.19. The molecule has 0 aromatic carbocycles. The molecule has 0 bridgehead atoms. The van der Waals surface area contributed by atoms with Crippen LogP contribution in [0.1, 0.15) is 66.2 Å². The van der Waals surface area contributed by atoms with Gasteiger partial charge >= 0.3 is 0 Å². The lowest BCUT2D eigenvalue weighted by atomic mass is 9.97. The second-order valence-corrected chi connectivity index (χ2v) is 9.00. The van der Waals surface area contributed by atoms with Crippen molar-refractivity contribution in [1.82, 2.24) is 20.4 Å². The van der Waals surface area contributed by atoms with Crippen LogP contribution in [0.2, 0.25) is 0 Å². The number of nitrogens with one attached hydrogen (secondary N) is 2. The van der Waals surface area contributed by atoms with Gasteiger partial charge in [-0.1, -0.05) is 27.2 Å². The van der Waals surface area contributed by atoms with E-state index in [2.05, 4.69) is 48.1 Å². The van der Waals surface area contributed by atoms with E-state index in [0.29, 0.717) is 12.0 Å². The van der Waals surface area contributed by atoms with E-state index in [1.807, 2.05) is 0 Å². The Kier molecular flexibility index (Phi) is 13.7. The minimum absolute atomic E-state index is 0. The van der Waals surface area contributed by atoms with Crippen molar-refractivity contribution in [3.8, 4) is 0 Å². The Bertz CT molecular complexity index is 421. The van der Waals surface area contributed by atoms with Crippen molar-refractivity contribution in [3.05, 3.63) is 0 Å². The van der Waals surface area contributed by atoms with Crippen LogP contribution < -0.4 is 10.6 Å². The summed E-state index contributed by atoms with van der Waals surface area (Å²) in [5.74, 6) is 2.50. The quantitative estimate of drug-likeness (QED) is 0.283. The van der Waals surface area contributed by atoms with Crippen molar-refractivity contribution in [3.63, 3.8) is 0 Å². The summed E-state index contributed by atoms with van der Waals surface area (Å²) < 4.78 is 0. The fourth-order valence-corrected chi connectivity index (χ4v) is 4.40. The van der Waals surface area contributed by atoms with Crippen LogP contribution in [-0.2, 0) is 0 Å². The molecule has 5 nitrogen and oxygen atoms in total. The molecule has 166 valence electrons. The zero-order chi connectivity index (χ0) is 19.5. The van der Waals surface area contributed by atoms with Gasteiger partial charge in [0.25, 0.3) is 0 Å². The van der Waals surface area contributed by atoms with Crippen LogP contribution in [0.4, 0.5) is 0 Å². The van der Waals surface area contributed by atoms with Crippen LogP contribution in [0.15, 0.2) is 4.99 Å². The first-order chi connectivity index (χ1) is 13.1. The van der Waals surface area contributed by atoms with E-state index in [9.17, 15) is 0 Å². The molecule has 2 aliphatic rings. The lowest BCUT2D eigenvalue weighted by Gasteiger charge is -2.34. The van der Waals surface area contributed by atoms with Gasteiger partial charge in [-0.05, 0) is 64.0 Å². The fraction of sp³-hybridized carbons (Fsp3) is 0.955. The van der Waals surface area contributed by atoms with Crippen molar-refractivity contribution in [2.75, 3.05) is 52.4 Å². The minimum Gasteiger partial charge on any atom is -0.357 e. The number of hydrogen-bond donors (Lipinski definition) is 2. The van der Waals surface area contributed by atoms with Crippen molar-refractivity contribution < 1.29 is 0 Å². The molecular weight excluding hydrogens is 461 g/mol. The van der Waals surface area contributed by atoms with Crippen molar-refractivity contribution in [2.45, 2.75) is 72.3 Å². The predicted octanol–water partition coefficient (Wildman–Crippen LogP) is 3.79. The Labute approximate surface area is 191 Å². The molecule has 2 rings (SSSR count). The normalized spacial score (nSPS) is 22.9. The lowest BCUT2D eigenvalue weighted by molar-refractivity contribution is 0.162. The first-order valence-corrected chi connectivity index (χ1v) is 11.6. The summed E-state index contributed by atoms with van der Waals surface area (Å²) in [5.41, 5.74) is 0. The average molecular weight is 508 g/mol. The number of hydrogen-bond acceptors (Lipinski definition) is 3. The highest BCUT2D eigenvalue weighted by Gasteiger charge is 2.22. The molecular formula is C22H46IN5. The first-order valence-electron chi connectivity index (χ1n) is 11.6. The standard InChI is InChI=1S/C22H45N5.HI/c1-5-7-12-26-14-10-21(11-15-26)25-22(23-6-2)24-16-20-9-8-13-27(18-20)17-19(3)4;/h19-21H,5-18H2,1-4H3,(H2,23,24,25);1H. The van der Waals surface area contributed by atoms with E-state index in [1.165, 1.54) is 77.8 Å². The highest BCUT2D eigenvalue weighted by molar-refractivity contribution is 14.0. The summed E-state index contributed by atoms with van der Waals surface area (Å²) in [6.45, 7) is 18.4. The zero-order valence-corrected chi connectivity index (χ0v) is 21.2. The molecule has 6 heteroatoms. The number of guanidine groups is 1. The molecule has 0 radical (unpaired) electrons. The molecule has 2 saturated heterocycles. The van der Waals surface area contributed by atoms with Crippen LogP contribution in [0.25, 0.3) is 0 Å². The first kappa shape index (κ1) is 26.0. The van der Waals surface area contributed by atoms with Gasteiger partial charge in [0.05, 0.1) is 0 Å². The maximum Gasteiger partial charge on any atom is 0.191 e. The van der Waals surface area contributed by atoms with E-state index in [4.69, 9.17) is 4.99 Å². The summed E-state index contributed by atoms with van der Waals surface area (Å²) in [6, 6.07) is 0.574. The van der Waals surface area contributed by atoms with E-state index >= 15 is 0 Å². The largest absolute Gasteiger partial charge is 0.357 e. The second-order valence-electron chi connectivity index (χ2n) is 9.00. The number of nitrogens with zero attached hydrogens (tertiary/aromatic N) is 3. The minimum atomic E-state index is 0. The molecule has 2 heterocycles. The highest BCUT2D eigenvalue weighted by atomic mass is 127. The highest BCUT2D eigenvalue weighted by Crippen LogP contribution is 2.18. The van der Waals surface area contributed by atoms with Crippen LogP contribution in [0, 0.1) is 11.8 Å². The smallest absolute Gasteiger partial charge is 0.191 e. The maximum absolute atomic E-state index is 4.97. The number of aliphatic imine (C=N–C) groups is 1. The van der Waals surface area contributed by atoms with Gasteiger partial charge in [0.2, 0.25) is 0 Å². The number of likely N-dealkylation sites (tertiary alicyclic amines) is 2. The van der Waals surface area contributed by atoms with E-state index in [0.717, 1.165) is 25.0 Å². The third kappa shape index (κ3) is 10.1. The zero-order valence-electron chi connectivity index (χ0n) is 18.9. The van der Waals surface area contributed by atoms with Gasteiger partial charge in [0, 0.05) is 45.3 Å². The third-order valence-electron chi connectivity index (χ3n) is 5.83. The SMILES string of the molecule is CCCCN1CCC(NC(=NCC2CCCN(CC(C)C)C2)NCC)CC1.I. The monoisotopic (exact) mass is 507 g/mol. The number of rotatable bonds is 9.